The lowest BCUT2D eigenvalue weighted by molar-refractivity contribution is -0.115. The van der Waals surface area contributed by atoms with Gasteiger partial charge in [-0.2, -0.15) is 0 Å². The van der Waals surface area contributed by atoms with Gasteiger partial charge in [0.05, 0.1) is 6.54 Å². The van der Waals surface area contributed by atoms with Crippen LogP contribution in [0.2, 0.25) is 0 Å². The summed E-state index contributed by atoms with van der Waals surface area (Å²) in [6.45, 7) is 3.12. The Labute approximate surface area is 119 Å². The summed E-state index contributed by atoms with van der Waals surface area (Å²) in [4.78, 5) is 23.4. The molecule has 1 aromatic rings. The number of benzene rings is 1. The molecule has 20 heavy (non-hydrogen) atoms. The second-order valence-corrected chi connectivity index (χ2v) is 5.23. The molecule has 0 aromatic heterocycles. The van der Waals surface area contributed by atoms with Crippen LogP contribution in [0, 0.1) is 12.8 Å². The lowest BCUT2D eigenvalue weighted by Gasteiger charge is -2.10. The Kier molecular flexibility index (Phi) is 4.74. The summed E-state index contributed by atoms with van der Waals surface area (Å²) in [5, 5.41) is 8.56. The summed E-state index contributed by atoms with van der Waals surface area (Å²) in [5.41, 5.74) is 2.16. The molecule has 1 aliphatic rings. The first-order valence-corrected chi connectivity index (χ1v) is 6.93. The molecular formula is C15H21N3O2. The van der Waals surface area contributed by atoms with Crippen molar-refractivity contribution in [3.8, 4) is 0 Å². The predicted octanol–water partition coefficient (Wildman–Crippen LogP) is 1.29. The van der Waals surface area contributed by atoms with Gasteiger partial charge in [0.15, 0.2) is 0 Å². The van der Waals surface area contributed by atoms with Crippen molar-refractivity contribution in [2.24, 2.45) is 5.92 Å². The minimum atomic E-state index is -0.160. The van der Waals surface area contributed by atoms with Crippen molar-refractivity contribution in [2.75, 3.05) is 25.5 Å². The number of rotatable bonds is 6. The van der Waals surface area contributed by atoms with E-state index >= 15 is 0 Å². The molecule has 0 unspecified atom stereocenters. The van der Waals surface area contributed by atoms with Crippen molar-refractivity contribution in [1.29, 1.82) is 0 Å². The van der Waals surface area contributed by atoms with E-state index in [2.05, 4.69) is 16.0 Å². The van der Waals surface area contributed by atoms with Gasteiger partial charge in [-0.1, -0.05) is 6.07 Å². The fourth-order valence-electron chi connectivity index (χ4n) is 1.95. The molecule has 5 nitrogen and oxygen atoms in total. The van der Waals surface area contributed by atoms with Gasteiger partial charge in [-0.05, 0) is 49.9 Å². The molecule has 0 bridgehead atoms. The lowest BCUT2D eigenvalue weighted by atomic mass is 10.1. The number of hydrogen-bond acceptors (Lipinski definition) is 3. The normalized spacial score (nSPS) is 13.9. The highest BCUT2D eigenvalue weighted by Gasteiger charge is 2.20. The second-order valence-electron chi connectivity index (χ2n) is 5.23. The summed E-state index contributed by atoms with van der Waals surface area (Å²) in [5.74, 6) is 0.510. The highest BCUT2D eigenvalue weighted by molar-refractivity contribution is 5.98. The largest absolute Gasteiger partial charge is 0.355 e. The molecule has 1 aliphatic carbocycles. The van der Waals surface area contributed by atoms with Gasteiger partial charge in [0, 0.05) is 18.3 Å². The van der Waals surface area contributed by atoms with Gasteiger partial charge in [0.2, 0.25) is 5.91 Å². The third-order valence-electron chi connectivity index (χ3n) is 3.42. The fourth-order valence-corrected chi connectivity index (χ4v) is 1.95. The van der Waals surface area contributed by atoms with Crippen LogP contribution < -0.4 is 16.0 Å². The summed E-state index contributed by atoms with van der Waals surface area (Å²) in [6, 6.07) is 5.28. The third kappa shape index (κ3) is 4.06. The van der Waals surface area contributed by atoms with Gasteiger partial charge in [0.25, 0.3) is 5.91 Å². The van der Waals surface area contributed by atoms with Crippen LogP contribution in [0.4, 0.5) is 5.69 Å². The Morgan fingerprint density at radius 2 is 2.05 bits per heavy atom. The molecule has 3 N–H and O–H groups in total. The Morgan fingerprint density at radius 3 is 2.70 bits per heavy atom. The molecule has 0 radical (unpaired) electrons. The Morgan fingerprint density at radius 1 is 1.30 bits per heavy atom. The molecule has 0 spiro atoms. The van der Waals surface area contributed by atoms with Gasteiger partial charge in [-0.15, -0.1) is 0 Å². The monoisotopic (exact) mass is 275 g/mol. The third-order valence-corrected chi connectivity index (χ3v) is 3.42. The highest BCUT2D eigenvalue weighted by Crippen LogP contribution is 2.27. The smallest absolute Gasteiger partial charge is 0.251 e. The zero-order valence-corrected chi connectivity index (χ0v) is 12.0. The van der Waals surface area contributed by atoms with Crippen LogP contribution in [0.1, 0.15) is 28.8 Å². The van der Waals surface area contributed by atoms with Crippen LogP contribution in [-0.4, -0.2) is 32.0 Å². The minimum Gasteiger partial charge on any atom is -0.355 e. The van der Waals surface area contributed by atoms with E-state index in [-0.39, 0.29) is 11.8 Å². The molecule has 0 atom stereocenters. The van der Waals surface area contributed by atoms with Gasteiger partial charge in [-0.25, -0.2) is 0 Å². The maximum atomic E-state index is 11.8. The Hall–Kier alpha value is -1.88. The fraction of sp³-hybridized carbons (Fsp3) is 0.467. The van der Waals surface area contributed by atoms with Crippen LogP contribution in [0.3, 0.4) is 0 Å². The van der Waals surface area contributed by atoms with Gasteiger partial charge in [0.1, 0.15) is 0 Å². The zero-order chi connectivity index (χ0) is 14.5. The molecule has 1 aromatic carbocycles. The van der Waals surface area contributed by atoms with Crippen molar-refractivity contribution in [3.63, 3.8) is 0 Å². The first-order valence-electron chi connectivity index (χ1n) is 6.93. The van der Waals surface area contributed by atoms with Gasteiger partial charge >= 0.3 is 0 Å². The van der Waals surface area contributed by atoms with E-state index in [0.29, 0.717) is 17.8 Å². The summed E-state index contributed by atoms with van der Waals surface area (Å²) in [7, 11) is 1.59. The summed E-state index contributed by atoms with van der Waals surface area (Å²) in [6.07, 6.45) is 2.53. The van der Waals surface area contributed by atoms with Crippen LogP contribution >= 0.6 is 0 Å². The van der Waals surface area contributed by atoms with Crippen LogP contribution in [-0.2, 0) is 4.79 Å². The maximum absolute atomic E-state index is 11.8. The molecule has 108 valence electrons. The lowest BCUT2D eigenvalue weighted by Crippen LogP contribution is -2.29. The SMILES string of the molecule is CNC(=O)c1ccc(C)c(NC(=O)CNCC2CC2)c1. The average molecular weight is 275 g/mol. The number of carbonyl (C=O) groups is 2. The van der Waals surface area contributed by atoms with Crippen LogP contribution in [0.25, 0.3) is 0 Å². The van der Waals surface area contributed by atoms with Crippen molar-refractivity contribution in [3.05, 3.63) is 29.3 Å². The van der Waals surface area contributed by atoms with E-state index in [1.807, 2.05) is 13.0 Å². The Bertz CT molecular complexity index is 510. The van der Waals surface area contributed by atoms with Crippen molar-refractivity contribution in [1.82, 2.24) is 10.6 Å². The van der Waals surface area contributed by atoms with E-state index in [9.17, 15) is 9.59 Å². The van der Waals surface area contributed by atoms with Crippen LogP contribution in [0.5, 0.6) is 0 Å². The number of aryl methyl sites for hydroxylation is 1. The topological polar surface area (TPSA) is 70.2 Å². The quantitative estimate of drug-likeness (QED) is 0.732. The van der Waals surface area contributed by atoms with E-state index in [1.165, 1.54) is 12.8 Å². The number of anilines is 1. The van der Waals surface area contributed by atoms with Crippen molar-refractivity contribution < 1.29 is 9.59 Å². The van der Waals surface area contributed by atoms with E-state index in [1.54, 1.807) is 19.2 Å². The first kappa shape index (κ1) is 14.5. The van der Waals surface area contributed by atoms with Crippen LogP contribution in [0.15, 0.2) is 18.2 Å². The van der Waals surface area contributed by atoms with Gasteiger partial charge in [-0.3, -0.25) is 9.59 Å². The van der Waals surface area contributed by atoms with E-state index in [0.717, 1.165) is 18.0 Å². The standard InChI is InChI=1S/C15H21N3O2/c1-10-3-6-12(15(20)16-2)7-13(10)18-14(19)9-17-8-11-4-5-11/h3,6-7,11,17H,4-5,8-9H2,1-2H3,(H,16,20)(H,18,19). The second kappa shape index (κ2) is 6.52. The zero-order valence-electron chi connectivity index (χ0n) is 12.0. The molecule has 1 fully saturated rings. The van der Waals surface area contributed by atoms with Crippen molar-refractivity contribution in [2.45, 2.75) is 19.8 Å². The molecule has 0 aliphatic heterocycles. The average Bonchev–Trinajstić information content (AvgIpc) is 3.24. The number of carbonyl (C=O) groups excluding carboxylic acids is 2. The number of nitrogens with one attached hydrogen (secondary N) is 3. The molecule has 1 saturated carbocycles. The van der Waals surface area contributed by atoms with E-state index < -0.39 is 0 Å². The summed E-state index contributed by atoms with van der Waals surface area (Å²) < 4.78 is 0. The summed E-state index contributed by atoms with van der Waals surface area (Å²) >= 11 is 0. The highest BCUT2D eigenvalue weighted by atomic mass is 16.2. The molecule has 2 amide bonds. The van der Waals surface area contributed by atoms with Gasteiger partial charge < -0.3 is 16.0 Å². The number of amides is 2. The minimum absolute atomic E-state index is 0.0807. The maximum Gasteiger partial charge on any atom is 0.251 e. The molecule has 2 rings (SSSR count). The molecule has 0 saturated heterocycles. The Balaban J connectivity index is 1.92. The van der Waals surface area contributed by atoms with E-state index in [4.69, 9.17) is 0 Å². The first-order chi connectivity index (χ1) is 9.60. The van der Waals surface area contributed by atoms with Crippen molar-refractivity contribution >= 4 is 17.5 Å². The number of hydrogen-bond donors (Lipinski definition) is 3. The molecule has 0 heterocycles. The predicted molar refractivity (Wildman–Crippen MR) is 78.8 cm³/mol. The molecular weight excluding hydrogens is 254 g/mol. The molecule has 5 heteroatoms.